The molecule has 15 heteroatoms. The van der Waals surface area contributed by atoms with Crippen LogP contribution in [0.1, 0.15) is 12.5 Å². The minimum Gasteiger partial charge on any atom is -0.486 e. The zero-order valence-corrected chi connectivity index (χ0v) is 19.5. The molecule has 1 aliphatic rings. The van der Waals surface area contributed by atoms with Crippen LogP contribution in [0.4, 0.5) is 19.1 Å². The Hall–Kier alpha value is -3.62. The lowest BCUT2D eigenvalue weighted by Crippen LogP contribution is -2.58. The molecule has 0 bridgehead atoms. The zero-order chi connectivity index (χ0) is 25.8. The van der Waals surface area contributed by atoms with Gasteiger partial charge in [-0.1, -0.05) is 17.3 Å². The van der Waals surface area contributed by atoms with Crippen LogP contribution in [0.2, 0.25) is 0 Å². The second-order valence-electron chi connectivity index (χ2n) is 7.79. The standard InChI is InChI=1S/C20H23F3N6O5S/c1-13-11-28(19(27-31)26-17(30)20(21,22)23)7-8-29(13)18-24-9-15(10-25-18)34-12-14-3-5-16(6-4-14)35(2,32)33/h3-6,9-10,13,31H,7-8,11-12H2,1-2H3,(H,26,27,30). The number of amides is 1. The highest BCUT2D eigenvalue weighted by Crippen LogP contribution is 2.20. The Balaban J connectivity index is 1.56. The molecule has 1 atom stereocenters. The van der Waals surface area contributed by atoms with Gasteiger partial charge < -0.3 is 19.7 Å². The maximum absolute atomic E-state index is 12.5. The average Bonchev–Trinajstić information content (AvgIpc) is 2.80. The molecule has 1 amide bonds. The van der Waals surface area contributed by atoms with E-state index in [2.05, 4.69) is 15.1 Å². The molecule has 1 aromatic heterocycles. The number of oxime groups is 1. The Kier molecular flexibility index (Phi) is 7.67. The van der Waals surface area contributed by atoms with Gasteiger partial charge in [0.2, 0.25) is 11.9 Å². The second kappa shape index (κ2) is 10.3. The highest BCUT2D eigenvalue weighted by atomic mass is 32.2. The molecule has 0 spiro atoms. The fourth-order valence-corrected chi connectivity index (χ4v) is 3.95. The number of piperazine rings is 1. The molecule has 2 heterocycles. The quantitative estimate of drug-likeness (QED) is 0.261. The van der Waals surface area contributed by atoms with E-state index in [9.17, 15) is 26.4 Å². The van der Waals surface area contributed by atoms with Crippen LogP contribution in [0, 0.1) is 0 Å². The van der Waals surface area contributed by atoms with Crippen LogP contribution in [0.3, 0.4) is 0 Å². The van der Waals surface area contributed by atoms with Gasteiger partial charge in [0, 0.05) is 31.9 Å². The number of alkyl halides is 3. The molecule has 1 aromatic carbocycles. The lowest BCUT2D eigenvalue weighted by molar-refractivity contribution is -0.172. The first-order valence-corrected chi connectivity index (χ1v) is 12.1. The third kappa shape index (κ3) is 6.71. The molecule has 1 saturated heterocycles. The summed E-state index contributed by atoms with van der Waals surface area (Å²) >= 11 is 0. The summed E-state index contributed by atoms with van der Waals surface area (Å²) in [5, 5.41) is 13.4. The van der Waals surface area contributed by atoms with Crippen molar-refractivity contribution in [2.45, 2.75) is 30.6 Å². The summed E-state index contributed by atoms with van der Waals surface area (Å²) in [6.45, 7) is 2.53. The molecule has 0 aliphatic carbocycles. The number of carbonyl (C=O) groups is 1. The molecule has 2 aromatic rings. The van der Waals surface area contributed by atoms with E-state index in [1.165, 1.54) is 29.4 Å². The Bertz CT molecular complexity index is 1170. The van der Waals surface area contributed by atoms with E-state index in [1.807, 2.05) is 4.90 Å². The van der Waals surface area contributed by atoms with E-state index in [0.29, 0.717) is 11.7 Å². The van der Waals surface area contributed by atoms with Gasteiger partial charge in [0.1, 0.15) is 6.61 Å². The van der Waals surface area contributed by atoms with E-state index >= 15 is 0 Å². The van der Waals surface area contributed by atoms with E-state index in [-0.39, 0.29) is 37.2 Å². The van der Waals surface area contributed by atoms with Crippen LogP contribution in [-0.4, -0.2) is 78.5 Å². The number of nitrogens with one attached hydrogen (secondary N) is 1. The number of aromatic nitrogens is 2. The number of nitrogens with zero attached hydrogens (tertiary/aromatic N) is 5. The summed E-state index contributed by atoms with van der Waals surface area (Å²) in [7, 11) is -3.28. The van der Waals surface area contributed by atoms with Crippen molar-refractivity contribution in [2.24, 2.45) is 5.16 Å². The molecule has 3 rings (SSSR count). The van der Waals surface area contributed by atoms with Crippen molar-refractivity contribution >= 4 is 27.7 Å². The Morgan fingerprint density at radius 2 is 1.86 bits per heavy atom. The summed E-state index contributed by atoms with van der Waals surface area (Å²) in [5.74, 6) is -2.07. The van der Waals surface area contributed by atoms with Gasteiger partial charge in [0.15, 0.2) is 15.6 Å². The van der Waals surface area contributed by atoms with Crippen LogP contribution >= 0.6 is 0 Å². The van der Waals surface area contributed by atoms with Crippen molar-refractivity contribution in [1.29, 1.82) is 0 Å². The summed E-state index contributed by atoms with van der Waals surface area (Å²) in [5.41, 5.74) is 0.755. The van der Waals surface area contributed by atoms with E-state index in [0.717, 1.165) is 11.8 Å². The van der Waals surface area contributed by atoms with Gasteiger partial charge >= 0.3 is 12.1 Å². The summed E-state index contributed by atoms with van der Waals surface area (Å²) in [6.07, 6.45) is -1.05. The average molecular weight is 517 g/mol. The minimum atomic E-state index is -5.11. The van der Waals surface area contributed by atoms with Crippen LogP contribution in [-0.2, 0) is 21.2 Å². The third-order valence-electron chi connectivity index (χ3n) is 5.13. The van der Waals surface area contributed by atoms with Crippen molar-refractivity contribution in [3.63, 3.8) is 0 Å². The first kappa shape index (κ1) is 26.0. The number of carbonyl (C=O) groups excluding carboxylic acids is 1. The number of halogens is 3. The predicted octanol–water partition coefficient (Wildman–Crippen LogP) is 1.39. The van der Waals surface area contributed by atoms with Gasteiger partial charge in [-0.3, -0.25) is 10.1 Å². The number of ether oxygens (including phenoxy) is 1. The molecule has 0 saturated carbocycles. The number of hydrogen-bond acceptors (Lipinski definition) is 9. The lowest BCUT2D eigenvalue weighted by atomic mass is 10.2. The SMILES string of the molecule is CC1CN(C(=NO)NC(=O)C(F)(F)F)CCN1c1ncc(OCc2ccc(S(C)(=O)=O)cc2)cn1. The van der Waals surface area contributed by atoms with Gasteiger partial charge in [-0.05, 0) is 24.6 Å². The van der Waals surface area contributed by atoms with Gasteiger partial charge in [-0.25, -0.2) is 18.4 Å². The van der Waals surface area contributed by atoms with Crippen molar-refractivity contribution in [2.75, 3.05) is 30.8 Å². The Morgan fingerprint density at radius 3 is 2.37 bits per heavy atom. The van der Waals surface area contributed by atoms with Crippen LogP contribution in [0.5, 0.6) is 5.75 Å². The largest absolute Gasteiger partial charge is 0.486 e. The van der Waals surface area contributed by atoms with Crippen LogP contribution in [0.25, 0.3) is 0 Å². The maximum Gasteiger partial charge on any atom is 0.471 e. The molecule has 190 valence electrons. The fourth-order valence-electron chi connectivity index (χ4n) is 3.32. The highest BCUT2D eigenvalue weighted by molar-refractivity contribution is 7.90. The van der Waals surface area contributed by atoms with Crippen molar-refractivity contribution in [3.8, 4) is 5.75 Å². The smallest absolute Gasteiger partial charge is 0.471 e. The number of guanidine groups is 1. The number of anilines is 1. The molecular weight excluding hydrogens is 493 g/mol. The molecule has 1 unspecified atom stereocenters. The van der Waals surface area contributed by atoms with Crippen LogP contribution < -0.4 is 15.0 Å². The summed E-state index contributed by atoms with van der Waals surface area (Å²) in [4.78, 5) is 23.0. The zero-order valence-electron chi connectivity index (χ0n) is 18.7. The second-order valence-corrected chi connectivity index (χ2v) is 9.80. The number of hydrogen-bond donors (Lipinski definition) is 2. The molecule has 0 radical (unpaired) electrons. The van der Waals surface area contributed by atoms with Crippen LogP contribution in [0.15, 0.2) is 46.7 Å². The Morgan fingerprint density at radius 1 is 1.23 bits per heavy atom. The number of rotatable bonds is 5. The van der Waals surface area contributed by atoms with Crippen molar-refractivity contribution < 1.29 is 36.3 Å². The monoisotopic (exact) mass is 516 g/mol. The van der Waals surface area contributed by atoms with E-state index in [1.54, 1.807) is 24.4 Å². The maximum atomic E-state index is 12.5. The Labute approximate surface area is 199 Å². The number of benzene rings is 1. The topological polar surface area (TPSA) is 137 Å². The highest BCUT2D eigenvalue weighted by Gasteiger charge is 2.40. The fraction of sp³-hybridized carbons (Fsp3) is 0.400. The molecule has 2 N–H and O–H groups in total. The van der Waals surface area contributed by atoms with Crippen molar-refractivity contribution in [1.82, 2.24) is 20.2 Å². The molecular formula is C20H23F3N6O5S. The number of sulfone groups is 1. The molecule has 1 aliphatic heterocycles. The van der Waals surface area contributed by atoms with E-state index in [4.69, 9.17) is 9.94 Å². The summed E-state index contributed by atoms with van der Waals surface area (Å²) in [6, 6.07) is 6.00. The lowest BCUT2D eigenvalue weighted by Gasteiger charge is -2.40. The van der Waals surface area contributed by atoms with Crippen molar-refractivity contribution in [3.05, 3.63) is 42.2 Å². The summed E-state index contributed by atoms with van der Waals surface area (Å²) < 4.78 is 66.2. The molecule has 35 heavy (non-hydrogen) atoms. The molecule has 1 fully saturated rings. The predicted molar refractivity (Wildman–Crippen MR) is 118 cm³/mol. The first-order chi connectivity index (χ1) is 16.4. The van der Waals surface area contributed by atoms with Gasteiger partial charge in [0.05, 0.1) is 17.3 Å². The van der Waals surface area contributed by atoms with Gasteiger partial charge in [-0.15, -0.1) is 0 Å². The first-order valence-electron chi connectivity index (χ1n) is 10.2. The minimum absolute atomic E-state index is 0.141. The molecule has 11 nitrogen and oxygen atoms in total. The van der Waals surface area contributed by atoms with Gasteiger partial charge in [0.25, 0.3) is 0 Å². The normalized spacial score (nSPS) is 17.3. The van der Waals surface area contributed by atoms with E-state index < -0.39 is 27.9 Å². The van der Waals surface area contributed by atoms with Gasteiger partial charge in [-0.2, -0.15) is 13.2 Å². The third-order valence-corrected chi connectivity index (χ3v) is 6.26.